The Morgan fingerprint density at radius 2 is 1.89 bits per heavy atom. The third kappa shape index (κ3) is 3.92. The summed E-state index contributed by atoms with van der Waals surface area (Å²) in [5, 5.41) is 0. The van der Waals surface area contributed by atoms with Gasteiger partial charge in [0.1, 0.15) is 23.4 Å². The number of aryl methyl sites for hydroxylation is 1. The number of hydrogen-bond donors (Lipinski definition) is 0. The van der Waals surface area contributed by atoms with Crippen LogP contribution in [0, 0.1) is 6.92 Å². The molecule has 27 heavy (non-hydrogen) atoms. The molecule has 1 fully saturated rings. The summed E-state index contributed by atoms with van der Waals surface area (Å²) in [6.45, 7) is 2.90. The molecule has 1 saturated heterocycles. The fourth-order valence-corrected chi connectivity index (χ4v) is 3.15. The van der Waals surface area contributed by atoms with E-state index in [-0.39, 0.29) is 17.6 Å². The summed E-state index contributed by atoms with van der Waals surface area (Å²) in [7, 11) is 4.82. The number of benzene rings is 1. The van der Waals surface area contributed by atoms with E-state index in [1.807, 2.05) is 13.0 Å². The lowest BCUT2D eigenvalue weighted by atomic mass is 10.1. The normalized spacial score (nSPS) is 16.3. The third-order valence-electron chi connectivity index (χ3n) is 4.85. The third-order valence-corrected chi connectivity index (χ3v) is 4.85. The Bertz CT molecular complexity index is 906. The van der Waals surface area contributed by atoms with Crippen LogP contribution in [0.15, 0.2) is 35.1 Å². The van der Waals surface area contributed by atoms with Crippen LogP contribution in [0.1, 0.15) is 22.5 Å². The second-order valence-electron chi connectivity index (χ2n) is 6.58. The Morgan fingerprint density at radius 1 is 1.11 bits per heavy atom. The largest absolute Gasteiger partial charge is 0.497 e. The second-order valence-corrected chi connectivity index (χ2v) is 6.58. The Morgan fingerprint density at radius 3 is 2.56 bits per heavy atom. The first kappa shape index (κ1) is 18.8. The highest BCUT2D eigenvalue weighted by molar-refractivity contribution is 5.97. The zero-order valence-electron chi connectivity index (χ0n) is 16.0. The molecule has 2 heterocycles. The van der Waals surface area contributed by atoms with E-state index in [4.69, 9.17) is 14.2 Å². The van der Waals surface area contributed by atoms with Gasteiger partial charge in [-0.3, -0.25) is 9.59 Å². The number of pyridine rings is 1. The number of likely N-dealkylation sites (tertiary alicyclic amines) is 1. The van der Waals surface area contributed by atoms with Gasteiger partial charge in [0.15, 0.2) is 0 Å². The zero-order chi connectivity index (χ0) is 19.6. The smallest absolute Gasteiger partial charge is 0.257 e. The first-order valence-corrected chi connectivity index (χ1v) is 8.78. The Balaban J connectivity index is 1.71. The van der Waals surface area contributed by atoms with Crippen molar-refractivity contribution in [2.24, 2.45) is 7.05 Å². The van der Waals surface area contributed by atoms with Crippen molar-refractivity contribution in [3.8, 4) is 17.2 Å². The number of aromatic nitrogens is 1. The summed E-state index contributed by atoms with van der Waals surface area (Å²) >= 11 is 0. The highest BCUT2D eigenvalue weighted by Crippen LogP contribution is 2.27. The predicted molar refractivity (Wildman–Crippen MR) is 101 cm³/mol. The molecule has 3 rings (SSSR count). The molecule has 0 aliphatic carbocycles. The van der Waals surface area contributed by atoms with Gasteiger partial charge in [-0.15, -0.1) is 0 Å². The fraction of sp³-hybridized carbons (Fsp3) is 0.400. The van der Waals surface area contributed by atoms with Crippen LogP contribution in [0.2, 0.25) is 0 Å². The molecule has 0 bridgehead atoms. The predicted octanol–water partition coefficient (Wildman–Crippen LogP) is 2.00. The Labute approximate surface area is 158 Å². The van der Waals surface area contributed by atoms with E-state index < -0.39 is 0 Å². The molecule has 144 valence electrons. The van der Waals surface area contributed by atoms with E-state index in [0.29, 0.717) is 42.3 Å². The summed E-state index contributed by atoms with van der Waals surface area (Å²) in [6, 6.07) is 8.45. The Kier molecular flexibility index (Phi) is 5.39. The molecule has 7 nitrogen and oxygen atoms in total. The van der Waals surface area contributed by atoms with Crippen LogP contribution in [0.5, 0.6) is 17.2 Å². The minimum Gasteiger partial charge on any atom is -0.497 e. The maximum atomic E-state index is 12.9. The lowest BCUT2D eigenvalue weighted by Gasteiger charge is -2.19. The van der Waals surface area contributed by atoms with Crippen LogP contribution >= 0.6 is 0 Å². The van der Waals surface area contributed by atoms with Gasteiger partial charge in [-0.25, -0.2) is 0 Å². The summed E-state index contributed by atoms with van der Waals surface area (Å²) in [5.41, 5.74) is 1.20. The quantitative estimate of drug-likeness (QED) is 0.803. The summed E-state index contributed by atoms with van der Waals surface area (Å²) < 4.78 is 18.0. The minimum absolute atomic E-state index is 0.110. The van der Waals surface area contributed by atoms with Gasteiger partial charge in [0, 0.05) is 37.8 Å². The number of methoxy groups -OCH3 is 2. The van der Waals surface area contributed by atoms with Crippen molar-refractivity contribution in [1.29, 1.82) is 0 Å². The van der Waals surface area contributed by atoms with Gasteiger partial charge in [-0.05, 0) is 25.1 Å². The molecule has 1 unspecified atom stereocenters. The van der Waals surface area contributed by atoms with Gasteiger partial charge in [-0.1, -0.05) is 0 Å². The molecule has 1 atom stereocenters. The Hall–Kier alpha value is -2.96. The fourth-order valence-electron chi connectivity index (χ4n) is 3.15. The number of hydrogen-bond acceptors (Lipinski definition) is 5. The lowest BCUT2D eigenvalue weighted by molar-refractivity contribution is 0.0769. The first-order chi connectivity index (χ1) is 12.9. The number of rotatable bonds is 5. The molecule has 1 aromatic carbocycles. The molecule has 0 saturated carbocycles. The molecule has 0 spiro atoms. The molecule has 7 heteroatoms. The van der Waals surface area contributed by atoms with Crippen molar-refractivity contribution in [3.63, 3.8) is 0 Å². The number of nitrogens with zero attached hydrogens (tertiary/aromatic N) is 2. The molecular weight excluding hydrogens is 348 g/mol. The molecule has 1 aliphatic heterocycles. The zero-order valence-corrected chi connectivity index (χ0v) is 16.0. The highest BCUT2D eigenvalue weighted by Gasteiger charge is 2.30. The van der Waals surface area contributed by atoms with Crippen LogP contribution < -0.4 is 19.8 Å². The highest BCUT2D eigenvalue weighted by atomic mass is 16.5. The van der Waals surface area contributed by atoms with E-state index >= 15 is 0 Å². The maximum absolute atomic E-state index is 12.9. The lowest BCUT2D eigenvalue weighted by Crippen LogP contribution is -2.31. The molecule has 1 amide bonds. The first-order valence-electron chi connectivity index (χ1n) is 8.78. The minimum atomic E-state index is -0.148. The number of ether oxygens (including phenoxy) is 3. The average molecular weight is 372 g/mol. The molecular formula is C20H24N2O5. The topological polar surface area (TPSA) is 70.0 Å². The van der Waals surface area contributed by atoms with E-state index in [1.54, 1.807) is 41.8 Å². The van der Waals surface area contributed by atoms with Gasteiger partial charge in [-0.2, -0.15) is 0 Å². The van der Waals surface area contributed by atoms with Crippen molar-refractivity contribution in [2.75, 3.05) is 27.3 Å². The standard InChI is InChI=1S/C20H24N2O5/c1-13-9-16(11-19(23)21(13)2)27-15-7-8-22(12-15)20(24)17-6-5-14(25-3)10-18(17)26-4/h5-6,9-11,15H,7-8,12H2,1-4H3. The molecule has 0 radical (unpaired) electrons. The van der Waals surface area contributed by atoms with E-state index in [0.717, 1.165) is 5.69 Å². The monoisotopic (exact) mass is 372 g/mol. The molecule has 2 aromatic rings. The van der Waals surface area contributed by atoms with Crippen molar-refractivity contribution >= 4 is 5.91 Å². The summed E-state index contributed by atoms with van der Waals surface area (Å²) in [6.07, 6.45) is 0.558. The van der Waals surface area contributed by atoms with Gasteiger partial charge < -0.3 is 23.7 Å². The van der Waals surface area contributed by atoms with Crippen LogP contribution in [-0.4, -0.2) is 48.8 Å². The van der Waals surface area contributed by atoms with E-state index in [9.17, 15) is 9.59 Å². The molecule has 0 N–H and O–H groups in total. The summed E-state index contributed by atoms with van der Waals surface area (Å²) in [5.74, 6) is 1.54. The van der Waals surface area contributed by atoms with Crippen LogP contribution in [0.4, 0.5) is 0 Å². The van der Waals surface area contributed by atoms with Crippen LogP contribution in [0.25, 0.3) is 0 Å². The number of amides is 1. The molecule has 1 aromatic heterocycles. The SMILES string of the molecule is COc1ccc(C(=O)N2CCC(Oc3cc(C)n(C)c(=O)c3)C2)c(OC)c1. The van der Waals surface area contributed by atoms with Crippen molar-refractivity contribution in [3.05, 3.63) is 51.9 Å². The van der Waals surface area contributed by atoms with E-state index in [1.165, 1.54) is 13.2 Å². The van der Waals surface area contributed by atoms with Gasteiger partial charge in [0.2, 0.25) is 0 Å². The maximum Gasteiger partial charge on any atom is 0.257 e. The van der Waals surface area contributed by atoms with Crippen molar-refractivity contribution in [2.45, 2.75) is 19.4 Å². The van der Waals surface area contributed by atoms with Crippen molar-refractivity contribution < 1.29 is 19.0 Å². The van der Waals surface area contributed by atoms with Gasteiger partial charge >= 0.3 is 0 Å². The molecule has 1 aliphatic rings. The number of carbonyl (C=O) groups is 1. The summed E-state index contributed by atoms with van der Waals surface area (Å²) in [4.78, 5) is 26.5. The van der Waals surface area contributed by atoms with Gasteiger partial charge in [0.05, 0.1) is 26.3 Å². The second kappa shape index (κ2) is 7.73. The van der Waals surface area contributed by atoms with Crippen molar-refractivity contribution in [1.82, 2.24) is 9.47 Å². The average Bonchev–Trinajstić information content (AvgIpc) is 3.13. The van der Waals surface area contributed by atoms with Crippen LogP contribution in [-0.2, 0) is 7.05 Å². The number of carbonyl (C=O) groups excluding carboxylic acids is 1. The van der Waals surface area contributed by atoms with Crippen LogP contribution in [0.3, 0.4) is 0 Å². The van der Waals surface area contributed by atoms with Gasteiger partial charge in [0.25, 0.3) is 11.5 Å². The van der Waals surface area contributed by atoms with E-state index in [2.05, 4.69) is 0 Å².